The van der Waals surface area contributed by atoms with Crippen LogP contribution in [0.2, 0.25) is 0 Å². The highest BCUT2D eigenvalue weighted by molar-refractivity contribution is 7.92. The van der Waals surface area contributed by atoms with Crippen molar-refractivity contribution in [1.29, 1.82) is 0 Å². The van der Waals surface area contributed by atoms with Crippen LogP contribution in [-0.2, 0) is 23.6 Å². The minimum Gasteiger partial charge on any atom is -0.421 e. The summed E-state index contributed by atoms with van der Waals surface area (Å²) in [5, 5.41) is 0.635. The number of nitrogens with one attached hydrogen (secondary N) is 1. The number of benzene rings is 1. The molecule has 1 aromatic carbocycles. The zero-order valence-corrected chi connectivity index (χ0v) is 20.1. The van der Waals surface area contributed by atoms with Crippen molar-refractivity contribution in [2.24, 2.45) is 7.05 Å². The van der Waals surface area contributed by atoms with Gasteiger partial charge in [-0.25, -0.2) is 22.2 Å². The van der Waals surface area contributed by atoms with Crippen molar-refractivity contribution in [3.05, 3.63) is 64.3 Å². The van der Waals surface area contributed by atoms with Crippen LogP contribution in [0.5, 0.6) is 0 Å². The van der Waals surface area contributed by atoms with Crippen LogP contribution in [0.25, 0.3) is 22.0 Å². The van der Waals surface area contributed by atoms with Gasteiger partial charge in [0.05, 0.1) is 42.6 Å². The van der Waals surface area contributed by atoms with E-state index in [2.05, 4.69) is 9.97 Å². The number of anilines is 4. The summed E-state index contributed by atoms with van der Waals surface area (Å²) in [7, 11) is 4.23. The topological polar surface area (TPSA) is 94.5 Å². The minimum atomic E-state index is -3.63. The summed E-state index contributed by atoms with van der Waals surface area (Å²) >= 11 is 0. The Morgan fingerprint density at radius 2 is 1.86 bits per heavy atom. The predicted molar refractivity (Wildman–Crippen MR) is 134 cm³/mol. The van der Waals surface area contributed by atoms with Gasteiger partial charge in [0.2, 0.25) is 18.0 Å². The smallest absolute Gasteiger partial charge is 0.274 e. The molecule has 0 aliphatic carbocycles. The highest BCUT2D eigenvalue weighted by Crippen LogP contribution is 2.48. The molecule has 6 rings (SSSR count). The van der Waals surface area contributed by atoms with Crippen LogP contribution in [0.15, 0.2) is 41.6 Å². The Morgan fingerprint density at radius 3 is 2.58 bits per heavy atom. The fourth-order valence-corrected chi connectivity index (χ4v) is 5.95. The lowest BCUT2D eigenvalue weighted by Gasteiger charge is -2.37. The summed E-state index contributed by atoms with van der Waals surface area (Å²) in [6, 6.07) is 4.11. The molecule has 13 heteroatoms. The maximum atomic E-state index is 15.0. The summed E-state index contributed by atoms with van der Waals surface area (Å²) in [4.78, 5) is 22.9. The van der Waals surface area contributed by atoms with Gasteiger partial charge in [0.25, 0.3) is 5.56 Å². The Labute approximate surface area is 206 Å². The summed E-state index contributed by atoms with van der Waals surface area (Å²) in [5.74, 6) is -1.80. The number of aromatic nitrogens is 3. The average molecular weight is 508 g/mol. The summed E-state index contributed by atoms with van der Waals surface area (Å²) < 4.78 is 56.7. The third-order valence-corrected chi connectivity index (χ3v) is 7.84. The molecular formula is C23H19BF2N6O3S. The number of halogens is 2. The van der Waals surface area contributed by atoms with E-state index in [1.54, 1.807) is 36.5 Å². The van der Waals surface area contributed by atoms with Crippen LogP contribution >= 0.6 is 0 Å². The van der Waals surface area contributed by atoms with Crippen molar-refractivity contribution in [3.63, 3.8) is 0 Å². The Balaban J connectivity index is 1.73. The number of nitrogens with zero attached hydrogens (tertiary/aromatic N) is 5. The molecule has 0 saturated carbocycles. The fourth-order valence-electron chi connectivity index (χ4n) is 5.03. The molecule has 0 bridgehead atoms. The molecule has 1 N–H and O–H groups in total. The molecule has 2 aliphatic heterocycles. The van der Waals surface area contributed by atoms with Crippen LogP contribution in [0.1, 0.15) is 5.56 Å². The Morgan fingerprint density at radius 1 is 1.08 bits per heavy atom. The number of pyridine rings is 2. The van der Waals surface area contributed by atoms with E-state index in [1.165, 1.54) is 13.7 Å². The highest BCUT2D eigenvalue weighted by atomic mass is 32.2. The Hall–Kier alpha value is -3.87. The number of fused-ring (bicyclic) bond motifs is 3. The normalized spacial score (nSPS) is 15.2. The van der Waals surface area contributed by atoms with Gasteiger partial charge in [-0.1, -0.05) is 0 Å². The third-order valence-electron chi connectivity index (χ3n) is 6.66. The molecule has 0 spiro atoms. The van der Waals surface area contributed by atoms with Gasteiger partial charge in [-0.15, -0.1) is 0 Å². The standard InChI is InChI=1S/C23H19BF2N6O3S/c1-29-11-15-14-6-19-18(31(24)3-4-32(19)36(2,34)35)7-17(14)30(22-16(26)5-13(25)9-28-22)10-12-8-27-21(20(12)15)23(29)33/h5-9,11,27H,3-4,10H2,1-2H3. The number of hydrogen-bond acceptors (Lipinski definition) is 6. The molecule has 0 atom stereocenters. The van der Waals surface area contributed by atoms with Gasteiger partial charge >= 0.3 is 0 Å². The lowest BCUT2D eigenvalue weighted by molar-refractivity contribution is 0.571. The minimum absolute atomic E-state index is 0.113. The van der Waals surface area contributed by atoms with Gasteiger partial charge in [-0.2, -0.15) is 0 Å². The summed E-state index contributed by atoms with van der Waals surface area (Å²) in [6.07, 6.45) is 5.39. The van der Waals surface area contributed by atoms with Gasteiger partial charge in [-0.3, -0.25) is 9.10 Å². The van der Waals surface area contributed by atoms with Crippen LogP contribution in [0.3, 0.4) is 0 Å². The van der Waals surface area contributed by atoms with Crippen molar-refractivity contribution in [3.8, 4) is 11.1 Å². The predicted octanol–water partition coefficient (Wildman–Crippen LogP) is 2.53. The van der Waals surface area contributed by atoms with Gasteiger partial charge in [0.1, 0.15) is 11.3 Å². The van der Waals surface area contributed by atoms with Crippen LogP contribution in [0, 0.1) is 11.6 Å². The maximum Gasteiger partial charge on any atom is 0.274 e. The first kappa shape index (κ1) is 22.6. The second kappa shape index (κ2) is 7.57. The van der Waals surface area contributed by atoms with E-state index in [4.69, 9.17) is 7.98 Å². The highest BCUT2D eigenvalue weighted by Gasteiger charge is 2.33. The van der Waals surface area contributed by atoms with Gasteiger partial charge < -0.3 is 19.3 Å². The van der Waals surface area contributed by atoms with E-state index in [-0.39, 0.29) is 31.0 Å². The number of H-pyrrole nitrogens is 1. The van der Waals surface area contributed by atoms with Crippen molar-refractivity contribution in [1.82, 2.24) is 14.5 Å². The molecule has 0 unspecified atom stereocenters. The molecule has 9 nitrogen and oxygen atoms in total. The molecule has 0 saturated heterocycles. The second-order valence-electron chi connectivity index (χ2n) is 8.95. The lowest BCUT2D eigenvalue weighted by atomic mass is 9.98. The van der Waals surface area contributed by atoms with Gasteiger partial charge in [-0.05, 0) is 17.7 Å². The van der Waals surface area contributed by atoms with Gasteiger partial charge in [0, 0.05) is 48.6 Å². The number of rotatable bonds is 2. The molecule has 0 fully saturated rings. The van der Waals surface area contributed by atoms with Crippen molar-refractivity contribution in [2.75, 3.05) is 33.4 Å². The van der Waals surface area contributed by atoms with Gasteiger partial charge in [0.15, 0.2) is 11.6 Å². The van der Waals surface area contributed by atoms with E-state index in [0.29, 0.717) is 44.7 Å². The number of aryl methyl sites for hydroxylation is 1. The molecule has 5 heterocycles. The summed E-state index contributed by atoms with van der Waals surface area (Å²) in [5.41, 5.74) is 3.27. The first-order valence-electron chi connectivity index (χ1n) is 11.0. The average Bonchev–Trinajstić information content (AvgIpc) is 3.18. The second-order valence-corrected chi connectivity index (χ2v) is 10.9. The molecule has 182 valence electrons. The molecular weight excluding hydrogens is 489 g/mol. The zero-order chi connectivity index (χ0) is 25.5. The maximum absolute atomic E-state index is 15.0. The SMILES string of the molecule is [B]N1CCN(S(C)(=O)=O)c2cc3c(cc21)N(c1ncc(F)cc1F)Cc1c[nH]c2c(=O)n(C)cc-3c12. The monoisotopic (exact) mass is 508 g/mol. The summed E-state index contributed by atoms with van der Waals surface area (Å²) in [6.45, 7) is 0.505. The molecule has 3 aromatic heterocycles. The largest absolute Gasteiger partial charge is 0.421 e. The number of sulfonamides is 1. The molecule has 36 heavy (non-hydrogen) atoms. The first-order chi connectivity index (χ1) is 17.0. The molecule has 2 radical (unpaired) electrons. The van der Waals surface area contributed by atoms with E-state index >= 15 is 4.39 Å². The molecule has 0 amide bonds. The third kappa shape index (κ3) is 3.22. The van der Waals surface area contributed by atoms with E-state index in [9.17, 15) is 17.6 Å². The molecule has 2 aliphatic rings. The zero-order valence-electron chi connectivity index (χ0n) is 19.3. The quantitative estimate of drug-likeness (QED) is 0.419. The number of hydrogen-bond donors (Lipinski definition) is 1. The van der Waals surface area contributed by atoms with E-state index in [1.807, 2.05) is 0 Å². The Kier molecular flexibility index (Phi) is 4.75. The van der Waals surface area contributed by atoms with Crippen LogP contribution < -0.4 is 19.6 Å². The van der Waals surface area contributed by atoms with Crippen molar-refractivity contribution >= 4 is 51.8 Å². The Bertz CT molecular complexity index is 1750. The van der Waals surface area contributed by atoms with Crippen LogP contribution in [-0.4, -0.2) is 50.3 Å². The van der Waals surface area contributed by atoms with E-state index in [0.717, 1.165) is 18.5 Å². The first-order valence-corrected chi connectivity index (χ1v) is 12.9. The van der Waals surface area contributed by atoms with Crippen molar-refractivity contribution < 1.29 is 17.2 Å². The van der Waals surface area contributed by atoms with Crippen LogP contribution in [0.4, 0.5) is 31.7 Å². The molecule has 4 aromatic rings. The van der Waals surface area contributed by atoms with Crippen molar-refractivity contribution in [2.45, 2.75) is 6.54 Å². The van der Waals surface area contributed by atoms with E-state index < -0.39 is 21.7 Å². The number of aromatic amines is 1. The fraction of sp³-hybridized carbons (Fsp3) is 0.217. The lowest BCUT2D eigenvalue weighted by Crippen LogP contribution is -2.42.